The number of hydrogen-bond donors (Lipinski definition) is 2. The minimum Gasteiger partial charge on any atom is -0.493 e. The molecule has 0 aromatic heterocycles. The number of likely N-dealkylation sites (N-methyl/N-ethyl adjacent to an activating group) is 1. The molecule has 0 saturated heterocycles. The first-order chi connectivity index (χ1) is 13.7. The van der Waals surface area contributed by atoms with E-state index in [1.54, 1.807) is 7.11 Å². The summed E-state index contributed by atoms with van der Waals surface area (Å²) in [5.41, 5.74) is 1.09. The first kappa shape index (κ1) is 24.4. The number of carbonyl (C=O) groups is 1. The summed E-state index contributed by atoms with van der Waals surface area (Å²) in [6, 6.07) is 5.76. The summed E-state index contributed by atoms with van der Waals surface area (Å²) < 4.78 is 47.8. The zero-order chi connectivity index (χ0) is 21.9. The summed E-state index contributed by atoms with van der Waals surface area (Å²) in [7, 11) is 4.22. The molecule has 1 amide bonds. The van der Waals surface area contributed by atoms with Crippen LogP contribution in [0.25, 0.3) is 0 Å². The second-order valence-electron chi connectivity index (χ2n) is 6.24. The number of benzene rings is 1. The van der Waals surface area contributed by atoms with Crippen LogP contribution in [-0.4, -0.2) is 70.4 Å². The summed E-state index contributed by atoms with van der Waals surface area (Å²) in [5, 5.41) is 5.75. The van der Waals surface area contributed by atoms with Gasteiger partial charge in [-0.1, -0.05) is 6.07 Å². The fourth-order valence-electron chi connectivity index (χ4n) is 2.52. The van der Waals surface area contributed by atoms with Gasteiger partial charge in [-0.2, -0.15) is 13.2 Å². The number of halogens is 3. The van der Waals surface area contributed by atoms with Crippen molar-refractivity contribution in [3.05, 3.63) is 23.8 Å². The van der Waals surface area contributed by atoms with E-state index in [1.807, 2.05) is 25.1 Å². The Morgan fingerprint density at radius 1 is 1.24 bits per heavy atom. The number of carbonyl (C=O) groups excluding carboxylic acids is 1. The van der Waals surface area contributed by atoms with Gasteiger partial charge in [0.15, 0.2) is 17.5 Å². The monoisotopic (exact) mass is 418 g/mol. The van der Waals surface area contributed by atoms with Gasteiger partial charge in [-0.25, -0.2) is 0 Å². The van der Waals surface area contributed by atoms with Crippen LogP contribution < -0.4 is 20.1 Å². The van der Waals surface area contributed by atoms with Crippen LogP contribution in [0.1, 0.15) is 18.9 Å². The number of aliphatic imine (C=N–C) groups is 1. The zero-order valence-corrected chi connectivity index (χ0v) is 17.2. The van der Waals surface area contributed by atoms with Gasteiger partial charge >= 0.3 is 6.18 Å². The predicted molar refractivity (Wildman–Crippen MR) is 106 cm³/mol. The molecule has 0 saturated carbocycles. The molecule has 0 aliphatic carbocycles. The molecule has 0 bridgehead atoms. The topological polar surface area (TPSA) is 75.2 Å². The standard InChI is InChI=1S/C19H29F3N4O3/c1-5-29-16-11-14(8-9-15(16)28-4)7-6-10-24-18(23-2)25-12-17(27)26(3)13-19(20,21)22/h8-9,11H,5-7,10,12-13H2,1-4H3,(H2,23,24,25). The third-order valence-electron chi connectivity index (χ3n) is 3.94. The number of methoxy groups -OCH3 is 1. The lowest BCUT2D eigenvalue weighted by molar-refractivity contribution is -0.157. The fourth-order valence-corrected chi connectivity index (χ4v) is 2.52. The van der Waals surface area contributed by atoms with Crippen molar-refractivity contribution in [3.8, 4) is 11.5 Å². The molecular weight excluding hydrogens is 389 g/mol. The maximum absolute atomic E-state index is 12.3. The molecule has 2 N–H and O–H groups in total. The Morgan fingerprint density at radius 2 is 1.97 bits per heavy atom. The maximum atomic E-state index is 12.3. The van der Waals surface area contributed by atoms with E-state index in [0.717, 1.165) is 25.5 Å². The van der Waals surface area contributed by atoms with Crippen molar-refractivity contribution < 1.29 is 27.4 Å². The van der Waals surface area contributed by atoms with Crippen LogP contribution in [0.5, 0.6) is 11.5 Å². The number of rotatable bonds is 10. The van der Waals surface area contributed by atoms with Crippen molar-refractivity contribution in [2.45, 2.75) is 25.9 Å². The van der Waals surface area contributed by atoms with Crippen molar-refractivity contribution in [2.24, 2.45) is 4.99 Å². The highest BCUT2D eigenvalue weighted by Gasteiger charge is 2.31. The summed E-state index contributed by atoms with van der Waals surface area (Å²) in [5.74, 6) is 1.05. The van der Waals surface area contributed by atoms with Crippen LogP contribution in [0.4, 0.5) is 13.2 Å². The van der Waals surface area contributed by atoms with Gasteiger partial charge in [0.25, 0.3) is 0 Å². The molecule has 0 aliphatic rings. The molecule has 10 heteroatoms. The zero-order valence-electron chi connectivity index (χ0n) is 17.2. The average Bonchev–Trinajstić information content (AvgIpc) is 2.66. The minimum absolute atomic E-state index is 0.275. The van der Waals surface area contributed by atoms with E-state index >= 15 is 0 Å². The van der Waals surface area contributed by atoms with Crippen molar-refractivity contribution in [1.82, 2.24) is 15.5 Å². The number of ether oxygens (including phenoxy) is 2. The predicted octanol–water partition coefficient (Wildman–Crippen LogP) is 2.21. The highest BCUT2D eigenvalue weighted by molar-refractivity contribution is 5.86. The first-order valence-electron chi connectivity index (χ1n) is 9.25. The van der Waals surface area contributed by atoms with Crippen LogP contribution in [-0.2, 0) is 11.2 Å². The molecule has 0 fully saturated rings. The number of aryl methyl sites for hydroxylation is 1. The molecule has 7 nitrogen and oxygen atoms in total. The summed E-state index contributed by atoms with van der Waals surface area (Å²) in [6.45, 7) is 1.45. The number of amides is 1. The van der Waals surface area contributed by atoms with Crippen LogP contribution in [0.3, 0.4) is 0 Å². The number of nitrogens with zero attached hydrogens (tertiary/aromatic N) is 2. The number of alkyl halides is 3. The third-order valence-corrected chi connectivity index (χ3v) is 3.94. The lowest BCUT2D eigenvalue weighted by Crippen LogP contribution is -2.45. The molecule has 0 aliphatic heterocycles. The number of guanidine groups is 1. The second kappa shape index (κ2) is 12.0. The smallest absolute Gasteiger partial charge is 0.406 e. The summed E-state index contributed by atoms with van der Waals surface area (Å²) >= 11 is 0. The Balaban J connectivity index is 2.41. The Kier molecular flexibility index (Phi) is 10.1. The number of hydrogen-bond acceptors (Lipinski definition) is 4. The summed E-state index contributed by atoms with van der Waals surface area (Å²) in [4.78, 5) is 16.3. The van der Waals surface area contributed by atoms with Gasteiger partial charge in [0.05, 0.1) is 20.3 Å². The van der Waals surface area contributed by atoms with Gasteiger partial charge in [-0.15, -0.1) is 0 Å². The van der Waals surface area contributed by atoms with Gasteiger partial charge in [-0.05, 0) is 37.5 Å². The molecule has 1 aromatic carbocycles. The van der Waals surface area contributed by atoms with Crippen LogP contribution in [0, 0.1) is 0 Å². The quantitative estimate of drug-likeness (QED) is 0.346. The highest BCUT2D eigenvalue weighted by Crippen LogP contribution is 2.28. The van der Waals surface area contributed by atoms with Crippen molar-refractivity contribution in [3.63, 3.8) is 0 Å². The Labute approximate surface area is 169 Å². The second-order valence-corrected chi connectivity index (χ2v) is 6.24. The fraction of sp³-hybridized carbons (Fsp3) is 0.579. The Hall–Kier alpha value is -2.65. The SMILES string of the molecule is CCOc1cc(CCCNC(=NC)NCC(=O)N(C)CC(F)(F)F)ccc1OC. The molecule has 1 rings (SSSR count). The first-order valence-corrected chi connectivity index (χ1v) is 9.25. The van der Waals surface area contributed by atoms with Gasteiger partial charge in [0.1, 0.15) is 6.54 Å². The van der Waals surface area contributed by atoms with Crippen LogP contribution in [0.15, 0.2) is 23.2 Å². The molecule has 0 unspecified atom stereocenters. The van der Waals surface area contributed by atoms with Crippen molar-refractivity contribution in [1.29, 1.82) is 0 Å². The normalized spacial score (nSPS) is 11.8. The average molecular weight is 418 g/mol. The molecule has 0 heterocycles. The molecule has 1 aromatic rings. The van der Waals surface area contributed by atoms with E-state index < -0.39 is 18.6 Å². The Bertz CT molecular complexity index is 681. The maximum Gasteiger partial charge on any atom is 0.406 e. The van der Waals surface area contributed by atoms with E-state index in [0.29, 0.717) is 35.5 Å². The molecule has 0 atom stereocenters. The van der Waals surface area contributed by atoms with Crippen molar-refractivity contribution >= 4 is 11.9 Å². The van der Waals surface area contributed by atoms with E-state index in [1.165, 1.54) is 7.05 Å². The molecule has 164 valence electrons. The minimum atomic E-state index is -4.42. The molecule has 0 radical (unpaired) electrons. The molecular formula is C19H29F3N4O3. The van der Waals surface area contributed by atoms with E-state index in [-0.39, 0.29) is 6.54 Å². The van der Waals surface area contributed by atoms with E-state index in [9.17, 15) is 18.0 Å². The molecule has 0 spiro atoms. The van der Waals surface area contributed by atoms with E-state index in [2.05, 4.69) is 15.6 Å². The van der Waals surface area contributed by atoms with Gasteiger partial charge in [0.2, 0.25) is 5.91 Å². The Morgan fingerprint density at radius 3 is 2.55 bits per heavy atom. The lowest BCUT2D eigenvalue weighted by Gasteiger charge is -2.20. The lowest BCUT2D eigenvalue weighted by atomic mass is 10.1. The highest BCUT2D eigenvalue weighted by atomic mass is 19.4. The van der Waals surface area contributed by atoms with E-state index in [4.69, 9.17) is 9.47 Å². The van der Waals surface area contributed by atoms with Crippen LogP contribution in [0.2, 0.25) is 0 Å². The third kappa shape index (κ3) is 9.40. The molecule has 29 heavy (non-hydrogen) atoms. The van der Waals surface area contributed by atoms with Gasteiger partial charge < -0.3 is 25.0 Å². The van der Waals surface area contributed by atoms with Gasteiger partial charge in [0, 0.05) is 20.6 Å². The van der Waals surface area contributed by atoms with Crippen molar-refractivity contribution in [2.75, 3.05) is 47.4 Å². The summed E-state index contributed by atoms with van der Waals surface area (Å²) in [6.07, 6.45) is -2.87. The van der Waals surface area contributed by atoms with Gasteiger partial charge in [-0.3, -0.25) is 9.79 Å². The number of nitrogens with one attached hydrogen (secondary N) is 2. The van der Waals surface area contributed by atoms with Crippen LogP contribution >= 0.6 is 0 Å². The largest absolute Gasteiger partial charge is 0.493 e.